The second-order valence-corrected chi connectivity index (χ2v) is 6.01. The molecule has 1 aromatic carbocycles. The van der Waals surface area contributed by atoms with Crippen molar-refractivity contribution in [1.29, 1.82) is 0 Å². The van der Waals surface area contributed by atoms with Gasteiger partial charge in [0.25, 0.3) is 5.56 Å². The predicted octanol–water partition coefficient (Wildman–Crippen LogP) is 1.72. The largest absolute Gasteiger partial charge is 0.454 e. The summed E-state index contributed by atoms with van der Waals surface area (Å²) in [5.41, 5.74) is -0.781. The van der Waals surface area contributed by atoms with E-state index in [9.17, 15) is 14.4 Å². The summed E-state index contributed by atoms with van der Waals surface area (Å²) in [6, 6.07) is 9.73. The average molecular weight is 376 g/mol. The number of methoxy groups -OCH3 is 1. The first-order chi connectivity index (χ1) is 13.0. The lowest BCUT2D eigenvalue weighted by atomic mass is 10.2. The summed E-state index contributed by atoms with van der Waals surface area (Å²) in [6.07, 6.45) is -0.106. The van der Waals surface area contributed by atoms with Gasteiger partial charge in [-0.1, -0.05) is 25.1 Å². The number of benzene rings is 1. The molecule has 1 aromatic heterocycles. The summed E-state index contributed by atoms with van der Waals surface area (Å²) in [6.45, 7) is 3.85. The van der Waals surface area contributed by atoms with E-state index in [2.05, 4.69) is 4.98 Å². The number of aromatic amines is 1. The summed E-state index contributed by atoms with van der Waals surface area (Å²) < 4.78 is 17.8. The van der Waals surface area contributed by atoms with Gasteiger partial charge in [-0.25, -0.2) is 9.59 Å². The highest BCUT2D eigenvalue weighted by Crippen LogP contribution is 2.20. The maximum absolute atomic E-state index is 12.4. The molecule has 8 nitrogen and oxygen atoms in total. The minimum absolute atomic E-state index is 0.310. The standard InChI is InChI=1S/C19H24N2O6/c1-4-15(12-25-3)27-17(21-11-10-16(22)20-19(21)24)13(2)26-18(23)14-8-6-5-7-9-14/h5-11,13,15,17H,4,12H2,1-3H3,(H,20,22,24)/t13-,15?,17?/m1/s1. The Morgan fingerprint density at radius 3 is 2.48 bits per heavy atom. The molecule has 3 atom stereocenters. The third-order valence-electron chi connectivity index (χ3n) is 3.97. The van der Waals surface area contributed by atoms with Crippen molar-refractivity contribution in [3.8, 4) is 0 Å². The first-order valence-corrected chi connectivity index (χ1v) is 8.68. The quantitative estimate of drug-likeness (QED) is 0.669. The van der Waals surface area contributed by atoms with Crippen LogP contribution in [-0.2, 0) is 14.2 Å². The number of aromatic nitrogens is 2. The van der Waals surface area contributed by atoms with Crippen molar-refractivity contribution in [3.63, 3.8) is 0 Å². The number of ether oxygens (including phenoxy) is 3. The Morgan fingerprint density at radius 2 is 1.89 bits per heavy atom. The van der Waals surface area contributed by atoms with Crippen molar-refractivity contribution in [2.75, 3.05) is 13.7 Å². The molecule has 8 heteroatoms. The van der Waals surface area contributed by atoms with Crippen LogP contribution in [0.4, 0.5) is 0 Å². The topological polar surface area (TPSA) is 99.6 Å². The van der Waals surface area contributed by atoms with E-state index in [4.69, 9.17) is 14.2 Å². The number of nitrogens with zero attached hydrogens (tertiary/aromatic N) is 1. The van der Waals surface area contributed by atoms with Gasteiger partial charge < -0.3 is 14.2 Å². The fourth-order valence-corrected chi connectivity index (χ4v) is 2.54. The Bertz CT molecular complexity index is 845. The molecule has 0 aliphatic carbocycles. The SMILES string of the molecule is CCC(COC)OC([C@@H](C)OC(=O)c1ccccc1)n1ccc(=O)[nH]c1=O. The molecule has 0 aliphatic heterocycles. The van der Waals surface area contributed by atoms with Crippen LogP contribution in [0.2, 0.25) is 0 Å². The van der Waals surface area contributed by atoms with Crippen molar-refractivity contribution >= 4 is 5.97 Å². The van der Waals surface area contributed by atoms with Crippen LogP contribution in [0.1, 0.15) is 36.9 Å². The first-order valence-electron chi connectivity index (χ1n) is 8.68. The molecular formula is C19H24N2O6. The van der Waals surface area contributed by atoms with Gasteiger partial charge in [0.05, 0.1) is 18.3 Å². The number of nitrogens with one attached hydrogen (secondary N) is 1. The molecule has 2 unspecified atom stereocenters. The van der Waals surface area contributed by atoms with Crippen LogP contribution < -0.4 is 11.2 Å². The van der Waals surface area contributed by atoms with Gasteiger partial charge in [0.15, 0.2) is 6.23 Å². The van der Waals surface area contributed by atoms with E-state index in [1.165, 1.54) is 16.8 Å². The van der Waals surface area contributed by atoms with Crippen LogP contribution in [0.15, 0.2) is 52.2 Å². The Morgan fingerprint density at radius 1 is 1.19 bits per heavy atom. The highest BCUT2D eigenvalue weighted by molar-refractivity contribution is 5.89. The minimum Gasteiger partial charge on any atom is -0.454 e. The number of carbonyl (C=O) groups is 1. The van der Waals surface area contributed by atoms with Crippen LogP contribution in [0.3, 0.4) is 0 Å². The molecule has 0 amide bonds. The summed E-state index contributed by atoms with van der Waals surface area (Å²) in [7, 11) is 1.55. The van der Waals surface area contributed by atoms with E-state index < -0.39 is 29.6 Å². The van der Waals surface area contributed by atoms with Gasteiger partial charge in [0.1, 0.15) is 6.10 Å². The van der Waals surface area contributed by atoms with Gasteiger partial charge >= 0.3 is 11.7 Å². The molecule has 0 aliphatic rings. The average Bonchev–Trinajstić information content (AvgIpc) is 2.66. The number of hydrogen-bond acceptors (Lipinski definition) is 6. The molecular weight excluding hydrogens is 352 g/mol. The van der Waals surface area contributed by atoms with E-state index in [1.54, 1.807) is 44.4 Å². The number of rotatable bonds is 9. The third kappa shape index (κ3) is 5.63. The second-order valence-electron chi connectivity index (χ2n) is 6.01. The van der Waals surface area contributed by atoms with Gasteiger partial charge in [0.2, 0.25) is 0 Å². The zero-order chi connectivity index (χ0) is 19.8. The molecule has 146 valence electrons. The van der Waals surface area contributed by atoms with E-state index in [0.29, 0.717) is 18.6 Å². The van der Waals surface area contributed by atoms with Gasteiger partial charge in [0, 0.05) is 19.4 Å². The maximum Gasteiger partial charge on any atom is 0.338 e. The summed E-state index contributed by atoms with van der Waals surface area (Å²) >= 11 is 0. The Labute approximate surface area is 156 Å². The van der Waals surface area contributed by atoms with Crippen molar-refractivity contribution in [1.82, 2.24) is 9.55 Å². The maximum atomic E-state index is 12.4. The number of H-pyrrole nitrogens is 1. The molecule has 1 heterocycles. The van der Waals surface area contributed by atoms with Gasteiger partial charge in [-0.15, -0.1) is 0 Å². The van der Waals surface area contributed by atoms with E-state index in [1.807, 2.05) is 6.92 Å². The molecule has 0 radical (unpaired) electrons. The van der Waals surface area contributed by atoms with Crippen molar-refractivity contribution in [3.05, 3.63) is 69.0 Å². The van der Waals surface area contributed by atoms with E-state index >= 15 is 0 Å². The highest BCUT2D eigenvalue weighted by atomic mass is 16.6. The van der Waals surface area contributed by atoms with Crippen molar-refractivity contribution in [2.24, 2.45) is 0 Å². The van der Waals surface area contributed by atoms with Crippen molar-refractivity contribution < 1.29 is 19.0 Å². The number of esters is 1. The number of hydrogen-bond donors (Lipinski definition) is 1. The molecule has 0 bridgehead atoms. The molecule has 0 fully saturated rings. The van der Waals surface area contributed by atoms with Crippen molar-refractivity contribution in [2.45, 2.75) is 38.7 Å². The van der Waals surface area contributed by atoms with Crippen LogP contribution >= 0.6 is 0 Å². The highest BCUT2D eigenvalue weighted by Gasteiger charge is 2.28. The summed E-state index contributed by atoms with van der Waals surface area (Å²) in [4.78, 5) is 38.1. The van der Waals surface area contributed by atoms with Crippen LogP contribution in [0.5, 0.6) is 0 Å². The Balaban J connectivity index is 2.28. The lowest BCUT2D eigenvalue weighted by molar-refractivity contribution is -0.133. The van der Waals surface area contributed by atoms with Gasteiger partial charge in [-0.05, 0) is 25.5 Å². The summed E-state index contributed by atoms with van der Waals surface area (Å²) in [5, 5.41) is 0. The molecule has 1 N–H and O–H groups in total. The fourth-order valence-electron chi connectivity index (χ4n) is 2.54. The molecule has 2 rings (SSSR count). The molecule has 27 heavy (non-hydrogen) atoms. The molecule has 2 aromatic rings. The van der Waals surface area contributed by atoms with Gasteiger partial charge in [-0.2, -0.15) is 0 Å². The summed E-state index contributed by atoms with van der Waals surface area (Å²) in [5.74, 6) is -0.533. The Hall–Kier alpha value is -2.71. The lowest BCUT2D eigenvalue weighted by Crippen LogP contribution is -2.40. The monoisotopic (exact) mass is 376 g/mol. The zero-order valence-corrected chi connectivity index (χ0v) is 15.6. The number of carbonyl (C=O) groups excluding carboxylic acids is 1. The van der Waals surface area contributed by atoms with Crippen LogP contribution in [0, 0.1) is 0 Å². The van der Waals surface area contributed by atoms with Crippen LogP contribution in [0.25, 0.3) is 0 Å². The molecule has 0 saturated heterocycles. The normalized spacial score (nSPS) is 14.3. The second kappa shape index (κ2) is 9.84. The Kier molecular flexibility index (Phi) is 7.51. The van der Waals surface area contributed by atoms with Crippen LogP contribution in [-0.4, -0.2) is 41.4 Å². The zero-order valence-electron chi connectivity index (χ0n) is 15.6. The van der Waals surface area contributed by atoms with E-state index in [-0.39, 0.29) is 6.10 Å². The van der Waals surface area contributed by atoms with Gasteiger partial charge in [-0.3, -0.25) is 14.3 Å². The van der Waals surface area contributed by atoms with E-state index in [0.717, 1.165) is 0 Å². The minimum atomic E-state index is -0.929. The molecule has 0 saturated carbocycles. The predicted molar refractivity (Wildman–Crippen MR) is 98.7 cm³/mol. The fraction of sp³-hybridized carbons (Fsp3) is 0.421. The molecule has 0 spiro atoms. The smallest absolute Gasteiger partial charge is 0.338 e. The lowest BCUT2D eigenvalue weighted by Gasteiger charge is -2.29. The first kappa shape index (κ1) is 20.6. The third-order valence-corrected chi connectivity index (χ3v) is 3.97.